The number of halogens is 1. The Kier molecular flexibility index (Phi) is 5.49. The van der Waals surface area contributed by atoms with Crippen LogP contribution in [0.3, 0.4) is 0 Å². The van der Waals surface area contributed by atoms with Crippen LogP contribution >= 0.6 is 0 Å². The number of ether oxygens (including phenoxy) is 2. The second-order valence-corrected chi connectivity index (χ2v) is 8.20. The van der Waals surface area contributed by atoms with E-state index < -0.39 is 29.1 Å². The molecule has 2 aliphatic rings. The van der Waals surface area contributed by atoms with Crippen molar-refractivity contribution in [3.05, 3.63) is 47.0 Å². The predicted octanol–water partition coefficient (Wildman–Crippen LogP) is 4.41. The number of carbonyl (C=O) groups excluding carboxylic acids is 1. The zero-order valence-electron chi connectivity index (χ0n) is 16.5. The maximum absolute atomic E-state index is 14.7. The number of aliphatic hydroxyl groups is 1. The molecule has 1 heterocycles. The van der Waals surface area contributed by atoms with Crippen LogP contribution in [0.25, 0.3) is 0 Å². The molecule has 1 aliphatic carbocycles. The minimum atomic E-state index is -1.37. The zero-order chi connectivity index (χ0) is 20.5. The number of hydrogen-bond acceptors (Lipinski definition) is 5. The van der Waals surface area contributed by atoms with Crippen molar-refractivity contribution in [1.29, 1.82) is 5.26 Å². The van der Waals surface area contributed by atoms with E-state index in [0.717, 1.165) is 25.7 Å². The van der Waals surface area contributed by atoms with Crippen LogP contribution in [0.15, 0.2) is 30.0 Å². The third kappa shape index (κ3) is 4.05. The molecule has 1 aromatic rings. The van der Waals surface area contributed by atoms with Gasteiger partial charge in [0.1, 0.15) is 11.6 Å². The van der Waals surface area contributed by atoms with Crippen molar-refractivity contribution in [1.82, 2.24) is 0 Å². The highest BCUT2D eigenvalue weighted by atomic mass is 19.1. The lowest BCUT2D eigenvalue weighted by Gasteiger charge is -2.38. The summed E-state index contributed by atoms with van der Waals surface area (Å²) in [5.41, 5.74) is -0.629. The molecule has 1 N–H and O–H groups in total. The fraction of sp³-hybridized carbons (Fsp3) is 0.545. The van der Waals surface area contributed by atoms with Crippen LogP contribution in [-0.2, 0) is 19.9 Å². The molecule has 0 saturated heterocycles. The Bertz CT molecular complexity index is 835. The summed E-state index contributed by atoms with van der Waals surface area (Å²) in [5.74, 6) is -2.48. The minimum Gasteiger partial charge on any atom is -0.457 e. The van der Waals surface area contributed by atoms with Gasteiger partial charge in [0.2, 0.25) is 5.79 Å². The molecule has 0 bridgehead atoms. The Morgan fingerprint density at radius 3 is 2.61 bits per heavy atom. The van der Waals surface area contributed by atoms with Gasteiger partial charge in [-0.25, -0.2) is 9.18 Å². The van der Waals surface area contributed by atoms with Crippen LogP contribution < -0.4 is 0 Å². The average Bonchev–Trinajstić information content (AvgIpc) is 3.14. The maximum Gasteiger partial charge on any atom is 0.337 e. The quantitative estimate of drug-likeness (QED) is 0.757. The van der Waals surface area contributed by atoms with Crippen molar-refractivity contribution in [2.75, 3.05) is 0 Å². The molecule has 1 saturated carbocycles. The van der Waals surface area contributed by atoms with Gasteiger partial charge < -0.3 is 14.6 Å². The third-order valence-corrected chi connectivity index (χ3v) is 5.64. The van der Waals surface area contributed by atoms with E-state index in [2.05, 4.69) is 0 Å². The predicted molar refractivity (Wildman–Crippen MR) is 100 cm³/mol. The van der Waals surface area contributed by atoms with Crippen LogP contribution in [0.4, 0.5) is 4.39 Å². The first-order chi connectivity index (χ1) is 13.1. The van der Waals surface area contributed by atoms with E-state index in [4.69, 9.17) is 14.7 Å². The van der Waals surface area contributed by atoms with Crippen LogP contribution in [0, 0.1) is 23.1 Å². The van der Waals surface area contributed by atoms with Gasteiger partial charge in [-0.2, -0.15) is 5.26 Å². The second-order valence-electron chi connectivity index (χ2n) is 8.20. The van der Waals surface area contributed by atoms with E-state index in [0.29, 0.717) is 16.9 Å². The molecule has 6 heteroatoms. The van der Waals surface area contributed by atoms with Crippen LogP contribution in [0.5, 0.6) is 0 Å². The highest BCUT2D eigenvalue weighted by Gasteiger charge is 2.43. The largest absolute Gasteiger partial charge is 0.457 e. The van der Waals surface area contributed by atoms with Gasteiger partial charge in [0.15, 0.2) is 0 Å². The summed E-state index contributed by atoms with van der Waals surface area (Å²) in [7, 11) is 0. The first-order valence-corrected chi connectivity index (χ1v) is 9.69. The summed E-state index contributed by atoms with van der Waals surface area (Å²) in [6.07, 6.45) is 4.92. The molecule has 3 rings (SSSR count). The number of benzene rings is 1. The number of cyclic esters (lactones) is 1. The summed E-state index contributed by atoms with van der Waals surface area (Å²) in [6, 6.07) is 6.59. The molecule has 0 spiro atoms. The molecule has 1 aromatic carbocycles. The Balaban J connectivity index is 1.98. The van der Waals surface area contributed by atoms with Gasteiger partial charge in [-0.3, -0.25) is 0 Å². The molecule has 2 unspecified atom stereocenters. The first-order valence-electron chi connectivity index (χ1n) is 9.69. The van der Waals surface area contributed by atoms with Crippen molar-refractivity contribution < 1.29 is 23.8 Å². The van der Waals surface area contributed by atoms with Gasteiger partial charge in [0.25, 0.3) is 0 Å². The van der Waals surface area contributed by atoms with Crippen LogP contribution in [0.2, 0.25) is 0 Å². The van der Waals surface area contributed by atoms with Crippen molar-refractivity contribution >= 4 is 5.97 Å². The smallest absolute Gasteiger partial charge is 0.337 e. The Morgan fingerprint density at radius 2 is 2.04 bits per heavy atom. The summed E-state index contributed by atoms with van der Waals surface area (Å²) >= 11 is 0. The maximum atomic E-state index is 14.7. The number of hydrogen-bond donors (Lipinski definition) is 1. The number of carbonyl (C=O) groups is 1. The molecule has 5 nitrogen and oxygen atoms in total. The number of rotatable bonds is 5. The van der Waals surface area contributed by atoms with E-state index in [1.54, 1.807) is 32.9 Å². The third-order valence-electron chi connectivity index (χ3n) is 5.64. The monoisotopic (exact) mass is 387 g/mol. The van der Waals surface area contributed by atoms with Gasteiger partial charge in [-0.05, 0) is 37.3 Å². The number of esters is 1. The normalized spacial score (nSPS) is 22.4. The van der Waals surface area contributed by atoms with Crippen LogP contribution in [0.1, 0.15) is 69.9 Å². The summed E-state index contributed by atoms with van der Waals surface area (Å²) < 4.78 is 25.6. The first kappa shape index (κ1) is 20.3. The molecule has 0 amide bonds. The SMILES string of the molecule is CC(C#N)c1ccc(C(O)(CC2=CC(=O)OC(C)(C)O2)C2CCCC2)cc1F. The molecular weight excluding hydrogens is 361 g/mol. The van der Waals surface area contributed by atoms with Gasteiger partial charge in [0, 0.05) is 25.8 Å². The van der Waals surface area contributed by atoms with Crippen molar-refractivity contribution in [2.24, 2.45) is 5.92 Å². The molecule has 0 radical (unpaired) electrons. The van der Waals surface area contributed by atoms with E-state index >= 15 is 0 Å². The van der Waals surface area contributed by atoms with E-state index in [1.165, 1.54) is 12.1 Å². The lowest BCUT2D eigenvalue weighted by atomic mass is 9.76. The average molecular weight is 387 g/mol. The van der Waals surface area contributed by atoms with Gasteiger partial charge >= 0.3 is 5.97 Å². The highest BCUT2D eigenvalue weighted by molar-refractivity contribution is 5.83. The lowest BCUT2D eigenvalue weighted by Crippen LogP contribution is -2.39. The van der Waals surface area contributed by atoms with E-state index in [-0.39, 0.29) is 12.3 Å². The summed E-state index contributed by atoms with van der Waals surface area (Å²) in [5, 5.41) is 20.8. The lowest BCUT2D eigenvalue weighted by molar-refractivity contribution is -0.209. The fourth-order valence-electron chi connectivity index (χ4n) is 4.22. The van der Waals surface area contributed by atoms with Gasteiger partial charge in [-0.15, -0.1) is 0 Å². The van der Waals surface area contributed by atoms with E-state index in [1.807, 2.05) is 6.07 Å². The standard InChI is InChI=1S/C22H26FNO4/c1-14(13-24)18-9-8-16(10-19(18)23)22(26,15-6-4-5-7-15)12-17-11-20(25)28-21(2,3)27-17/h8-11,14-15,26H,4-7,12H2,1-3H3. The van der Waals surface area contributed by atoms with Gasteiger partial charge in [-0.1, -0.05) is 25.0 Å². The molecule has 1 fully saturated rings. The van der Waals surface area contributed by atoms with Crippen molar-refractivity contribution in [3.8, 4) is 6.07 Å². The van der Waals surface area contributed by atoms with Crippen molar-refractivity contribution in [3.63, 3.8) is 0 Å². The summed E-state index contributed by atoms with van der Waals surface area (Å²) in [4.78, 5) is 11.9. The van der Waals surface area contributed by atoms with E-state index in [9.17, 15) is 14.3 Å². The molecule has 0 aromatic heterocycles. The van der Waals surface area contributed by atoms with Crippen molar-refractivity contribution in [2.45, 2.75) is 70.2 Å². The van der Waals surface area contributed by atoms with Gasteiger partial charge in [0.05, 0.1) is 23.7 Å². The molecule has 150 valence electrons. The fourth-order valence-corrected chi connectivity index (χ4v) is 4.22. The number of nitrogens with zero attached hydrogens (tertiary/aromatic N) is 1. The Morgan fingerprint density at radius 1 is 1.36 bits per heavy atom. The topological polar surface area (TPSA) is 79.5 Å². The second kappa shape index (κ2) is 7.56. The van der Waals surface area contributed by atoms with Crippen LogP contribution in [-0.4, -0.2) is 16.9 Å². The molecule has 28 heavy (non-hydrogen) atoms. The summed E-state index contributed by atoms with van der Waals surface area (Å²) in [6.45, 7) is 4.89. The highest BCUT2D eigenvalue weighted by Crippen LogP contribution is 2.46. The number of nitriles is 1. The zero-order valence-corrected chi connectivity index (χ0v) is 16.5. The minimum absolute atomic E-state index is 0.0583. The molecule has 1 aliphatic heterocycles. The Hall–Kier alpha value is -2.39. The molecular formula is C22H26FNO4. The Labute approximate surface area is 164 Å². The molecule has 2 atom stereocenters.